The van der Waals surface area contributed by atoms with E-state index in [1.165, 1.54) is 0 Å². The first kappa shape index (κ1) is 17.7. The maximum absolute atomic E-state index is 4.80. The van der Waals surface area contributed by atoms with Gasteiger partial charge in [0.1, 0.15) is 11.5 Å². The number of hydrogen-bond acceptors (Lipinski definition) is 6. The number of hydrogen-bond donors (Lipinski definition) is 3. The smallest absolute Gasteiger partial charge is 0.225 e. The van der Waals surface area contributed by atoms with Crippen LogP contribution in [-0.4, -0.2) is 53.2 Å². The molecule has 7 heteroatoms. The third-order valence-electron chi connectivity index (χ3n) is 5.03. The number of nitrogens with one attached hydrogen (secondary N) is 3. The average molecular weight is 365 g/mol. The molecule has 0 atom stereocenters. The van der Waals surface area contributed by atoms with E-state index in [0.717, 1.165) is 72.1 Å². The number of H-pyrrole nitrogens is 1. The summed E-state index contributed by atoms with van der Waals surface area (Å²) in [6.07, 6.45) is 5.03. The van der Waals surface area contributed by atoms with E-state index >= 15 is 0 Å². The van der Waals surface area contributed by atoms with Crippen LogP contribution in [-0.2, 0) is 6.42 Å². The van der Waals surface area contributed by atoms with Gasteiger partial charge >= 0.3 is 0 Å². The van der Waals surface area contributed by atoms with Gasteiger partial charge in [-0.25, -0.2) is 15.0 Å². The van der Waals surface area contributed by atoms with E-state index in [2.05, 4.69) is 45.7 Å². The van der Waals surface area contributed by atoms with Crippen molar-refractivity contribution in [3.8, 4) is 11.3 Å². The molecule has 0 bridgehead atoms. The van der Waals surface area contributed by atoms with E-state index in [-0.39, 0.29) is 0 Å². The minimum atomic E-state index is 0.452. The molecule has 0 radical (unpaired) electrons. The lowest BCUT2D eigenvalue weighted by atomic mass is 10.1. The summed E-state index contributed by atoms with van der Waals surface area (Å²) in [4.78, 5) is 19.4. The molecule has 27 heavy (non-hydrogen) atoms. The third kappa shape index (κ3) is 3.73. The van der Waals surface area contributed by atoms with Crippen LogP contribution in [0, 0.1) is 0 Å². The highest BCUT2D eigenvalue weighted by molar-refractivity contribution is 5.94. The van der Waals surface area contributed by atoms with Crippen LogP contribution in [0.5, 0.6) is 0 Å². The predicted molar refractivity (Wildman–Crippen MR) is 110 cm³/mol. The Labute approximate surface area is 159 Å². The van der Waals surface area contributed by atoms with Gasteiger partial charge in [0.15, 0.2) is 0 Å². The molecular weight excluding hydrogens is 338 g/mol. The van der Waals surface area contributed by atoms with E-state index < -0.39 is 0 Å². The molecule has 3 N–H and O–H groups in total. The molecule has 0 amide bonds. The molecule has 3 aromatic heterocycles. The Bertz CT molecular complexity index is 925. The molecule has 7 nitrogen and oxygen atoms in total. The van der Waals surface area contributed by atoms with Crippen molar-refractivity contribution in [2.45, 2.75) is 32.2 Å². The molecule has 0 aliphatic carbocycles. The fraction of sp³-hybridized carbons (Fsp3) is 0.450. The van der Waals surface area contributed by atoms with Crippen molar-refractivity contribution in [1.82, 2.24) is 25.3 Å². The predicted octanol–water partition coefficient (Wildman–Crippen LogP) is 2.81. The fourth-order valence-electron chi connectivity index (χ4n) is 3.50. The summed E-state index contributed by atoms with van der Waals surface area (Å²) in [5.41, 5.74) is 3.94. The summed E-state index contributed by atoms with van der Waals surface area (Å²) in [7, 11) is 3.95. The van der Waals surface area contributed by atoms with Crippen molar-refractivity contribution in [3.63, 3.8) is 0 Å². The van der Waals surface area contributed by atoms with Crippen LogP contribution in [0.2, 0.25) is 0 Å². The number of aromatic amines is 1. The molecule has 4 heterocycles. The van der Waals surface area contributed by atoms with Gasteiger partial charge in [0.2, 0.25) is 5.95 Å². The molecule has 0 unspecified atom stereocenters. The lowest BCUT2D eigenvalue weighted by Crippen LogP contribution is -2.35. The standard InChI is InChI=1S/C20H27N7/c1-4-13-11-17(25-20(24-13)27(2)3)16-12-18(23-14-5-8-21-9-6-14)26-19-15(16)7-10-22-19/h7,10-12,14,21H,4-6,8-9H2,1-3H3,(H2,22,23,26). The lowest BCUT2D eigenvalue weighted by molar-refractivity contribution is 0.478. The summed E-state index contributed by atoms with van der Waals surface area (Å²) < 4.78 is 0. The molecular formula is C20H27N7. The van der Waals surface area contributed by atoms with Gasteiger partial charge in [-0.1, -0.05) is 6.92 Å². The number of aryl methyl sites for hydroxylation is 1. The number of fused-ring (bicyclic) bond motifs is 1. The van der Waals surface area contributed by atoms with E-state index in [0.29, 0.717) is 6.04 Å². The van der Waals surface area contributed by atoms with Gasteiger partial charge in [-0.2, -0.15) is 0 Å². The Kier molecular flexibility index (Phi) is 4.94. The number of anilines is 2. The maximum Gasteiger partial charge on any atom is 0.225 e. The zero-order chi connectivity index (χ0) is 18.8. The van der Waals surface area contributed by atoms with Gasteiger partial charge in [0.05, 0.1) is 5.69 Å². The Morgan fingerprint density at radius 1 is 1.15 bits per heavy atom. The van der Waals surface area contributed by atoms with Crippen LogP contribution in [0.1, 0.15) is 25.5 Å². The van der Waals surface area contributed by atoms with Gasteiger partial charge < -0.3 is 20.5 Å². The minimum absolute atomic E-state index is 0.452. The number of pyridine rings is 1. The molecule has 3 aromatic rings. The van der Waals surface area contributed by atoms with Crippen molar-refractivity contribution >= 4 is 22.8 Å². The number of piperidine rings is 1. The van der Waals surface area contributed by atoms with Crippen LogP contribution in [0.25, 0.3) is 22.3 Å². The highest BCUT2D eigenvalue weighted by Gasteiger charge is 2.17. The largest absolute Gasteiger partial charge is 0.367 e. The van der Waals surface area contributed by atoms with Crippen LogP contribution in [0.4, 0.5) is 11.8 Å². The van der Waals surface area contributed by atoms with Gasteiger partial charge in [0, 0.05) is 43.0 Å². The first-order valence-electron chi connectivity index (χ1n) is 9.65. The zero-order valence-electron chi connectivity index (χ0n) is 16.2. The first-order chi connectivity index (χ1) is 13.1. The maximum atomic E-state index is 4.80. The molecule has 1 saturated heterocycles. The highest BCUT2D eigenvalue weighted by Crippen LogP contribution is 2.30. The Morgan fingerprint density at radius 3 is 2.70 bits per heavy atom. The van der Waals surface area contributed by atoms with Crippen molar-refractivity contribution in [1.29, 1.82) is 0 Å². The van der Waals surface area contributed by atoms with Crippen LogP contribution in [0.15, 0.2) is 24.4 Å². The summed E-state index contributed by atoms with van der Waals surface area (Å²) in [6, 6.07) is 6.73. The van der Waals surface area contributed by atoms with E-state index in [1.54, 1.807) is 0 Å². The van der Waals surface area contributed by atoms with Crippen LogP contribution in [0.3, 0.4) is 0 Å². The quantitative estimate of drug-likeness (QED) is 0.645. The Balaban J connectivity index is 1.78. The van der Waals surface area contributed by atoms with E-state index in [4.69, 9.17) is 9.97 Å². The lowest BCUT2D eigenvalue weighted by Gasteiger charge is -2.24. The van der Waals surface area contributed by atoms with Crippen LogP contribution >= 0.6 is 0 Å². The topological polar surface area (TPSA) is 81.8 Å². The number of aromatic nitrogens is 4. The van der Waals surface area contributed by atoms with Crippen molar-refractivity contribution in [2.75, 3.05) is 37.4 Å². The SMILES string of the molecule is CCc1cc(-c2cc(NC3CCNCC3)nc3[nH]ccc23)nc(N(C)C)n1. The molecule has 142 valence electrons. The normalized spacial score (nSPS) is 15.2. The Morgan fingerprint density at radius 2 is 1.96 bits per heavy atom. The van der Waals surface area contributed by atoms with Gasteiger partial charge in [-0.05, 0) is 50.6 Å². The van der Waals surface area contributed by atoms with E-state index in [1.807, 2.05) is 25.2 Å². The summed E-state index contributed by atoms with van der Waals surface area (Å²) >= 11 is 0. The zero-order valence-corrected chi connectivity index (χ0v) is 16.2. The molecule has 0 saturated carbocycles. The van der Waals surface area contributed by atoms with Crippen molar-refractivity contribution in [3.05, 3.63) is 30.1 Å². The average Bonchev–Trinajstić information content (AvgIpc) is 3.16. The monoisotopic (exact) mass is 365 g/mol. The van der Waals surface area contributed by atoms with Gasteiger partial charge in [-0.3, -0.25) is 0 Å². The summed E-state index contributed by atoms with van der Waals surface area (Å²) in [6.45, 7) is 4.22. The first-order valence-corrected chi connectivity index (χ1v) is 9.65. The second kappa shape index (κ2) is 7.52. The summed E-state index contributed by atoms with van der Waals surface area (Å²) in [5, 5.41) is 8.10. The Hall–Kier alpha value is -2.67. The molecule has 0 spiro atoms. The number of nitrogens with zero attached hydrogens (tertiary/aromatic N) is 4. The third-order valence-corrected chi connectivity index (χ3v) is 5.03. The second-order valence-corrected chi connectivity index (χ2v) is 7.26. The van der Waals surface area contributed by atoms with Crippen molar-refractivity contribution < 1.29 is 0 Å². The number of rotatable bonds is 5. The molecule has 1 aliphatic rings. The molecule has 1 aliphatic heterocycles. The van der Waals surface area contributed by atoms with E-state index in [9.17, 15) is 0 Å². The molecule has 4 rings (SSSR count). The van der Waals surface area contributed by atoms with Gasteiger partial charge in [0.25, 0.3) is 0 Å². The van der Waals surface area contributed by atoms with Crippen LogP contribution < -0.4 is 15.5 Å². The second-order valence-electron chi connectivity index (χ2n) is 7.26. The highest BCUT2D eigenvalue weighted by atomic mass is 15.2. The fourth-order valence-corrected chi connectivity index (χ4v) is 3.50. The minimum Gasteiger partial charge on any atom is -0.367 e. The van der Waals surface area contributed by atoms with Crippen molar-refractivity contribution in [2.24, 2.45) is 0 Å². The van der Waals surface area contributed by atoms with Gasteiger partial charge in [-0.15, -0.1) is 0 Å². The summed E-state index contributed by atoms with van der Waals surface area (Å²) in [5.74, 6) is 1.63. The molecule has 0 aromatic carbocycles. The molecule has 1 fully saturated rings.